The Kier molecular flexibility index (Phi) is 5.32. The predicted octanol–water partition coefficient (Wildman–Crippen LogP) is 6.10. The first-order valence-corrected chi connectivity index (χ1v) is 8.05. The van der Waals surface area contributed by atoms with E-state index in [-0.39, 0.29) is 5.41 Å². The monoisotopic (exact) mass is 352 g/mol. The van der Waals surface area contributed by atoms with Gasteiger partial charge in [0.25, 0.3) is 0 Å². The van der Waals surface area contributed by atoms with E-state index >= 15 is 0 Å². The molecule has 0 saturated heterocycles. The van der Waals surface area contributed by atoms with Crippen molar-refractivity contribution in [3.8, 4) is 0 Å². The fraction of sp³-hybridized carbons (Fsp3) is 0.235. The van der Waals surface area contributed by atoms with Gasteiger partial charge in [-0.25, -0.2) is 0 Å². The summed E-state index contributed by atoms with van der Waals surface area (Å²) in [6.45, 7) is 6.56. The maximum absolute atomic E-state index is 5.97. The Morgan fingerprint density at radius 3 is 1.86 bits per heavy atom. The topological polar surface area (TPSA) is 24.1 Å². The molecule has 0 radical (unpaired) electrons. The molecule has 0 aliphatic heterocycles. The van der Waals surface area contributed by atoms with Crippen LogP contribution in [0, 0.1) is 0 Å². The van der Waals surface area contributed by atoms with E-state index < -0.39 is 0 Å². The second-order valence-corrected chi connectivity index (χ2v) is 7.35. The zero-order valence-corrected chi connectivity index (χ0v) is 15.0. The second kappa shape index (κ2) is 6.86. The quantitative estimate of drug-likeness (QED) is 0.638. The van der Waals surface area contributed by atoms with Gasteiger partial charge < -0.3 is 10.6 Å². The summed E-state index contributed by atoms with van der Waals surface area (Å²) >= 11 is 17.2. The van der Waals surface area contributed by atoms with Crippen molar-refractivity contribution in [3.63, 3.8) is 0 Å². The Balaban J connectivity index is 2.03. The number of rotatable bonds is 2. The van der Waals surface area contributed by atoms with Crippen LogP contribution in [0.25, 0.3) is 0 Å². The van der Waals surface area contributed by atoms with Gasteiger partial charge in [0.05, 0.1) is 0 Å². The maximum atomic E-state index is 5.97. The van der Waals surface area contributed by atoms with Gasteiger partial charge in [0, 0.05) is 21.4 Å². The van der Waals surface area contributed by atoms with Crippen LogP contribution in [0.4, 0.5) is 11.4 Å². The Labute approximate surface area is 146 Å². The number of anilines is 2. The van der Waals surface area contributed by atoms with Crippen LogP contribution in [0.5, 0.6) is 0 Å². The Bertz CT molecular complexity index is 656. The molecule has 0 spiro atoms. The lowest BCUT2D eigenvalue weighted by atomic mass is 9.87. The van der Waals surface area contributed by atoms with E-state index in [0.717, 1.165) is 11.4 Å². The van der Waals surface area contributed by atoms with Gasteiger partial charge in [-0.05, 0) is 53.5 Å². The first-order valence-electron chi connectivity index (χ1n) is 6.89. The van der Waals surface area contributed by atoms with Crippen molar-refractivity contribution in [1.29, 1.82) is 0 Å². The van der Waals surface area contributed by atoms with Crippen molar-refractivity contribution < 1.29 is 0 Å². The fourth-order valence-electron chi connectivity index (χ4n) is 1.97. The lowest BCUT2D eigenvalue weighted by Gasteiger charge is -2.19. The molecule has 0 bridgehead atoms. The molecule has 2 aromatic rings. The van der Waals surface area contributed by atoms with Crippen molar-refractivity contribution >= 4 is 51.9 Å². The molecule has 116 valence electrons. The molecule has 0 heterocycles. The highest BCUT2D eigenvalue weighted by Gasteiger charge is 2.12. The molecule has 0 saturated carbocycles. The lowest BCUT2D eigenvalue weighted by Crippen LogP contribution is -2.19. The summed E-state index contributed by atoms with van der Waals surface area (Å²) in [6, 6.07) is 13.4. The molecule has 2 aromatic carbocycles. The zero-order valence-electron chi connectivity index (χ0n) is 12.7. The zero-order chi connectivity index (χ0) is 16.3. The minimum Gasteiger partial charge on any atom is -0.332 e. The SMILES string of the molecule is CC(C)(C)c1ccc(NC(=S)Nc2cc(Cl)cc(Cl)c2)cc1. The van der Waals surface area contributed by atoms with Crippen LogP contribution in [-0.2, 0) is 5.41 Å². The van der Waals surface area contributed by atoms with E-state index in [4.69, 9.17) is 35.4 Å². The lowest BCUT2D eigenvalue weighted by molar-refractivity contribution is 0.590. The average Bonchev–Trinajstić information content (AvgIpc) is 2.36. The summed E-state index contributed by atoms with van der Waals surface area (Å²) in [5.41, 5.74) is 3.09. The molecule has 0 amide bonds. The minimum absolute atomic E-state index is 0.134. The molecule has 0 aliphatic carbocycles. The van der Waals surface area contributed by atoms with E-state index in [1.54, 1.807) is 18.2 Å². The first-order chi connectivity index (χ1) is 10.2. The van der Waals surface area contributed by atoms with E-state index in [1.807, 2.05) is 12.1 Å². The third-order valence-electron chi connectivity index (χ3n) is 3.13. The average molecular weight is 353 g/mol. The van der Waals surface area contributed by atoms with Crippen LogP contribution in [0.1, 0.15) is 26.3 Å². The third kappa shape index (κ3) is 4.87. The van der Waals surface area contributed by atoms with Crippen LogP contribution < -0.4 is 10.6 Å². The van der Waals surface area contributed by atoms with E-state index in [9.17, 15) is 0 Å². The van der Waals surface area contributed by atoms with Gasteiger partial charge in [-0.2, -0.15) is 0 Å². The van der Waals surface area contributed by atoms with Crippen molar-refractivity contribution in [2.75, 3.05) is 10.6 Å². The number of hydrogen-bond donors (Lipinski definition) is 2. The van der Waals surface area contributed by atoms with Gasteiger partial charge in [0.2, 0.25) is 0 Å². The number of hydrogen-bond acceptors (Lipinski definition) is 1. The normalized spacial score (nSPS) is 11.1. The summed E-state index contributed by atoms with van der Waals surface area (Å²) in [4.78, 5) is 0. The predicted molar refractivity (Wildman–Crippen MR) is 101 cm³/mol. The molecule has 22 heavy (non-hydrogen) atoms. The summed E-state index contributed by atoms with van der Waals surface area (Å²) in [5, 5.41) is 7.82. The van der Waals surface area contributed by atoms with Crippen LogP contribution >= 0.6 is 35.4 Å². The highest BCUT2D eigenvalue weighted by Crippen LogP contribution is 2.24. The highest BCUT2D eigenvalue weighted by molar-refractivity contribution is 7.80. The van der Waals surface area contributed by atoms with Crippen molar-refractivity contribution in [2.45, 2.75) is 26.2 Å². The van der Waals surface area contributed by atoms with Gasteiger partial charge in [-0.3, -0.25) is 0 Å². The third-order valence-corrected chi connectivity index (χ3v) is 3.77. The second-order valence-electron chi connectivity index (χ2n) is 6.06. The van der Waals surface area contributed by atoms with Crippen molar-refractivity contribution in [1.82, 2.24) is 0 Å². The van der Waals surface area contributed by atoms with Crippen LogP contribution in [-0.4, -0.2) is 5.11 Å². The molecule has 0 aromatic heterocycles. The highest BCUT2D eigenvalue weighted by atomic mass is 35.5. The van der Waals surface area contributed by atoms with Gasteiger partial charge >= 0.3 is 0 Å². The summed E-state index contributed by atoms with van der Waals surface area (Å²) < 4.78 is 0. The van der Waals surface area contributed by atoms with E-state index in [0.29, 0.717) is 15.2 Å². The number of thiocarbonyl (C=S) groups is 1. The van der Waals surface area contributed by atoms with E-state index in [2.05, 4.69) is 43.5 Å². The number of nitrogens with one attached hydrogen (secondary N) is 2. The van der Waals surface area contributed by atoms with Gasteiger partial charge in [-0.15, -0.1) is 0 Å². The number of halogens is 2. The minimum atomic E-state index is 0.134. The Morgan fingerprint density at radius 2 is 1.36 bits per heavy atom. The van der Waals surface area contributed by atoms with Crippen LogP contribution in [0.3, 0.4) is 0 Å². The summed E-state index contributed by atoms with van der Waals surface area (Å²) in [7, 11) is 0. The number of benzene rings is 2. The fourth-order valence-corrected chi connectivity index (χ4v) is 2.73. The Hall–Kier alpha value is -1.29. The smallest absolute Gasteiger partial charge is 0.175 e. The molecular formula is C17H18Cl2N2S. The molecular weight excluding hydrogens is 335 g/mol. The molecule has 2 N–H and O–H groups in total. The molecule has 0 atom stereocenters. The summed E-state index contributed by atoms with van der Waals surface area (Å²) in [6.07, 6.45) is 0. The molecule has 2 nitrogen and oxygen atoms in total. The van der Waals surface area contributed by atoms with Gasteiger partial charge in [0.15, 0.2) is 5.11 Å². The standard InChI is InChI=1S/C17H18Cl2N2S/c1-17(2,3)11-4-6-14(7-5-11)20-16(22)21-15-9-12(18)8-13(19)10-15/h4-10H,1-3H3,(H2,20,21,22). The molecule has 0 fully saturated rings. The summed E-state index contributed by atoms with van der Waals surface area (Å²) in [5.74, 6) is 0. The van der Waals surface area contributed by atoms with Crippen LogP contribution in [0.2, 0.25) is 10.0 Å². The van der Waals surface area contributed by atoms with Gasteiger partial charge in [0.1, 0.15) is 0 Å². The molecule has 0 aliphatic rings. The first kappa shape index (κ1) is 17.1. The van der Waals surface area contributed by atoms with Crippen molar-refractivity contribution in [2.24, 2.45) is 0 Å². The Morgan fingerprint density at radius 1 is 0.864 bits per heavy atom. The maximum Gasteiger partial charge on any atom is 0.175 e. The largest absolute Gasteiger partial charge is 0.332 e. The molecule has 5 heteroatoms. The molecule has 0 unspecified atom stereocenters. The van der Waals surface area contributed by atoms with Gasteiger partial charge in [-0.1, -0.05) is 56.1 Å². The van der Waals surface area contributed by atoms with Crippen molar-refractivity contribution in [3.05, 3.63) is 58.1 Å². The van der Waals surface area contributed by atoms with E-state index in [1.165, 1.54) is 5.56 Å². The molecule has 2 rings (SSSR count). The van der Waals surface area contributed by atoms with Crippen LogP contribution in [0.15, 0.2) is 42.5 Å².